The largest absolute Gasteiger partial charge is 1.00 e. The molecule has 0 spiro atoms. The zero-order valence-electron chi connectivity index (χ0n) is 12.9. The minimum atomic E-state index is -4.10. The number of aromatic nitrogens is 1. The minimum absolute atomic E-state index is 0. The maximum absolute atomic E-state index is 11.9. The monoisotopic (exact) mass is 392 g/mol. The van der Waals surface area contributed by atoms with Gasteiger partial charge in [-0.25, -0.2) is 0 Å². The van der Waals surface area contributed by atoms with E-state index in [1.165, 1.54) is 24.3 Å². The van der Waals surface area contributed by atoms with Crippen LogP contribution >= 0.6 is 23.2 Å². The van der Waals surface area contributed by atoms with E-state index in [9.17, 15) is 13.5 Å². The van der Waals surface area contributed by atoms with Crippen molar-refractivity contribution in [1.82, 2.24) is 4.98 Å². The number of hydrogen-bond acceptors (Lipinski definition) is 4. The number of sulfonamides is 1. The fourth-order valence-electron chi connectivity index (χ4n) is 1.67. The Bertz CT molecular complexity index is 899. The molecular formula is C15H11Cl2N2NaO3S. The maximum Gasteiger partial charge on any atom is 1.00 e. The summed E-state index contributed by atoms with van der Waals surface area (Å²) in [6, 6.07) is 9.24. The summed E-state index contributed by atoms with van der Waals surface area (Å²) >= 11 is 11.6. The van der Waals surface area contributed by atoms with Gasteiger partial charge in [0.25, 0.3) is 10.0 Å². The molecule has 5 nitrogen and oxygen atoms in total. The maximum atomic E-state index is 11.9. The molecule has 0 saturated carbocycles. The molecule has 0 unspecified atom stereocenters. The van der Waals surface area contributed by atoms with Crippen LogP contribution in [0.15, 0.2) is 46.2 Å². The first-order valence-electron chi connectivity index (χ1n) is 6.36. The summed E-state index contributed by atoms with van der Waals surface area (Å²) in [5.74, 6) is -0.964. The molecule has 24 heavy (non-hydrogen) atoms. The van der Waals surface area contributed by atoms with E-state index in [-0.39, 0.29) is 40.1 Å². The van der Waals surface area contributed by atoms with Crippen LogP contribution in [0, 0.1) is 6.92 Å². The zero-order valence-corrected chi connectivity index (χ0v) is 17.2. The van der Waals surface area contributed by atoms with Crippen LogP contribution in [0.25, 0.3) is 6.08 Å². The fraction of sp³-hybridized carbons (Fsp3) is 0.0667. The van der Waals surface area contributed by atoms with Gasteiger partial charge in [0.15, 0.2) is 0 Å². The summed E-state index contributed by atoms with van der Waals surface area (Å²) in [6.07, 6.45) is 1.27. The number of hydrogen-bond donors (Lipinski definition) is 0. The van der Waals surface area contributed by atoms with Crippen LogP contribution in [0.1, 0.15) is 17.0 Å². The Morgan fingerprint density at radius 3 is 2.58 bits per heavy atom. The van der Waals surface area contributed by atoms with Gasteiger partial charge in [-0.05, 0) is 37.3 Å². The van der Waals surface area contributed by atoms with Crippen molar-refractivity contribution in [2.24, 2.45) is 4.40 Å². The molecule has 0 bridgehead atoms. The van der Waals surface area contributed by atoms with Crippen LogP contribution in [0.2, 0.25) is 10.0 Å². The Balaban J connectivity index is 0.00000288. The quantitative estimate of drug-likeness (QED) is 0.410. The van der Waals surface area contributed by atoms with E-state index in [2.05, 4.69) is 9.38 Å². The second kappa shape index (κ2) is 8.99. The standard InChI is InChI=1S/C15H12Cl2N2O3S.Na/c1-10-3-2-4-12(18-10)7-8-23(21,22)19-15(20)13-6-5-11(16)9-14(13)17;/h2-9H,1H3,(H,19,20);/q;+1/p-1/b8-7+;. The Hall–Kier alpha value is -0.890. The van der Waals surface area contributed by atoms with Gasteiger partial charge in [-0.15, -0.1) is 0 Å². The van der Waals surface area contributed by atoms with Crippen molar-refractivity contribution < 1.29 is 43.1 Å². The molecule has 0 atom stereocenters. The molecule has 0 N–H and O–H groups in total. The van der Waals surface area contributed by atoms with Crippen molar-refractivity contribution in [2.75, 3.05) is 0 Å². The molecule has 0 amide bonds. The van der Waals surface area contributed by atoms with Crippen molar-refractivity contribution in [2.45, 2.75) is 6.92 Å². The van der Waals surface area contributed by atoms with E-state index in [0.29, 0.717) is 10.7 Å². The van der Waals surface area contributed by atoms with E-state index in [4.69, 9.17) is 23.2 Å². The second-order valence-electron chi connectivity index (χ2n) is 4.54. The van der Waals surface area contributed by atoms with Gasteiger partial charge >= 0.3 is 29.6 Å². The number of nitrogens with zero attached hydrogens (tertiary/aromatic N) is 2. The number of pyridine rings is 1. The average molecular weight is 393 g/mol. The van der Waals surface area contributed by atoms with Crippen LogP contribution in [-0.2, 0) is 10.0 Å². The third kappa shape index (κ3) is 6.20. The Morgan fingerprint density at radius 2 is 1.96 bits per heavy atom. The summed E-state index contributed by atoms with van der Waals surface area (Å²) in [7, 11) is -4.10. The van der Waals surface area contributed by atoms with Gasteiger partial charge in [-0.2, -0.15) is 12.8 Å². The Labute approximate surface area is 172 Å². The molecule has 1 aromatic carbocycles. The van der Waals surface area contributed by atoms with Crippen molar-refractivity contribution in [3.05, 3.63) is 68.8 Å². The van der Waals surface area contributed by atoms with E-state index >= 15 is 0 Å². The summed E-state index contributed by atoms with van der Waals surface area (Å²) in [5.41, 5.74) is 1.15. The Kier molecular flexibility index (Phi) is 7.92. The van der Waals surface area contributed by atoms with E-state index < -0.39 is 15.9 Å². The van der Waals surface area contributed by atoms with Gasteiger partial charge < -0.3 is 5.11 Å². The molecular weight excluding hydrogens is 382 g/mol. The van der Waals surface area contributed by atoms with E-state index in [0.717, 1.165) is 11.1 Å². The van der Waals surface area contributed by atoms with Crippen LogP contribution in [-0.4, -0.2) is 19.3 Å². The first kappa shape index (κ1) is 21.2. The number of rotatable bonds is 4. The second-order valence-corrected chi connectivity index (χ2v) is 6.87. The smallest absolute Gasteiger partial charge is 0.858 e. The third-order valence-electron chi connectivity index (χ3n) is 2.69. The van der Waals surface area contributed by atoms with Gasteiger partial charge in [0.1, 0.15) is 0 Å². The molecule has 120 valence electrons. The molecule has 0 aliphatic heterocycles. The third-order valence-corrected chi connectivity index (χ3v) is 4.14. The SMILES string of the molecule is Cc1cccc(/C=C/S(=O)(=O)/N=C(\[O-])c2ccc(Cl)cc2Cl)n1.[Na+]. The van der Waals surface area contributed by atoms with Crippen LogP contribution in [0.4, 0.5) is 0 Å². The molecule has 2 aromatic rings. The van der Waals surface area contributed by atoms with Crippen molar-refractivity contribution >= 4 is 45.2 Å². The van der Waals surface area contributed by atoms with Crippen molar-refractivity contribution in [3.8, 4) is 0 Å². The predicted molar refractivity (Wildman–Crippen MR) is 89.9 cm³/mol. The Morgan fingerprint density at radius 1 is 1.25 bits per heavy atom. The number of halogens is 2. The molecule has 9 heteroatoms. The topological polar surface area (TPSA) is 82.5 Å². The average Bonchev–Trinajstić information content (AvgIpc) is 2.44. The first-order valence-corrected chi connectivity index (χ1v) is 8.62. The van der Waals surface area contributed by atoms with Crippen molar-refractivity contribution in [3.63, 3.8) is 0 Å². The van der Waals surface area contributed by atoms with Crippen LogP contribution in [0.3, 0.4) is 0 Å². The molecule has 1 heterocycles. The first-order chi connectivity index (χ1) is 10.8. The number of aryl methyl sites for hydroxylation is 1. The van der Waals surface area contributed by atoms with E-state index in [1.807, 2.05) is 0 Å². The minimum Gasteiger partial charge on any atom is -0.858 e. The summed E-state index contributed by atoms with van der Waals surface area (Å²) < 4.78 is 27.0. The molecule has 0 aliphatic carbocycles. The van der Waals surface area contributed by atoms with Crippen LogP contribution in [0.5, 0.6) is 0 Å². The predicted octanol–water partition coefficient (Wildman–Crippen LogP) is -0.192. The van der Waals surface area contributed by atoms with Gasteiger partial charge in [0.05, 0.1) is 16.1 Å². The van der Waals surface area contributed by atoms with Gasteiger partial charge in [-0.3, -0.25) is 4.98 Å². The van der Waals surface area contributed by atoms with Crippen molar-refractivity contribution in [1.29, 1.82) is 0 Å². The van der Waals surface area contributed by atoms with Gasteiger partial charge in [0, 0.05) is 22.2 Å². The molecule has 0 fully saturated rings. The molecule has 0 saturated heterocycles. The molecule has 1 aromatic heterocycles. The molecule has 0 radical (unpaired) electrons. The summed E-state index contributed by atoms with van der Waals surface area (Å²) in [5, 5.41) is 13.1. The van der Waals surface area contributed by atoms with Crippen LogP contribution < -0.4 is 34.7 Å². The zero-order chi connectivity index (χ0) is 17.0. The molecule has 2 rings (SSSR count). The normalized spacial score (nSPS) is 12.2. The number of benzene rings is 1. The van der Waals surface area contributed by atoms with Gasteiger partial charge in [-0.1, -0.05) is 35.3 Å². The summed E-state index contributed by atoms with van der Waals surface area (Å²) in [4.78, 5) is 4.12. The fourth-order valence-corrected chi connectivity index (χ4v) is 2.86. The summed E-state index contributed by atoms with van der Waals surface area (Å²) in [6.45, 7) is 1.78. The van der Waals surface area contributed by atoms with Gasteiger partial charge in [0.2, 0.25) is 0 Å². The molecule has 0 aliphatic rings. The van der Waals surface area contributed by atoms with E-state index in [1.54, 1.807) is 25.1 Å².